The van der Waals surface area contributed by atoms with Gasteiger partial charge < -0.3 is 5.73 Å². The summed E-state index contributed by atoms with van der Waals surface area (Å²) in [6.45, 7) is 0. The molecule has 3 rings (SSSR count). The van der Waals surface area contributed by atoms with E-state index in [1.807, 2.05) is 24.3 Å². The molecule has 1 aromatic heterocycles. The third kappa shape index (κ3) is 3.12. The highest BCUT2D eigenvalue weighted by atomic mass is 35.5. The van der Waals surface area contributed by atoms with Crippen molar-refractivity contribution in [3.63, 3.8) is 0 Å². The molecule has 0 atom stereocenters. The number of rotatable bonds is 3. The number of para-hydroxylation sites is 1. The van der Waals surface area contributed by atoms with Gasteiger partial charge in [0, 0.05) is 0 Å². The van der Waals surface area contributed by atoms with E-state index in [0.29, 0.717) is 11.4 Å². The molecule has 0 bridgehead atoms. The Kier molecular flexibility index (Phi) is 4.16. The second-order valence-electron chi connectivity index (χ2n) is 4.64. The van der Waals surface area contributed by atoms with E-state index in [2.05, 4.69) is 15.3 Å². The summed E-state index contributed by atoms with van der Waals surface area (Å²) in [5.74, 6) is 0.0855. The van der Waals surface area contributed by atoms with Gasteiger partial charge in [-0.15, -0.1) is 15.3 Å². The molecule has 0 spiro atoms. The summed E-state index contributed by atoms with van der Waals surface area (Å²) in [4.78, 5) is 12.2. The zero-order chi connectivity index (χ0) is 16.2. The monoisotopic (exact) mass is 325 g/mol. The number of hydrogen-bond acceptors (Lipinski definition) is 5. The first-order chi connectivity index (χ1) is 11.2. The predicted molar refractivity (Wildman–Crippen MR) is 89.9 cm³/mol. The Bertz CT molecular complexity index is 907. The van der Waals surface area contributed by atoms with Crippen molar-refractivity contribution in [3.8, 4) is 5.69 Å². The van der Waals surface area contributed by atoms with Crippen molar-refractivity contribution in [2.45, 2.75) is 0 Å². The average Bonchev–Trinajstić information content (AvgIpc) is 2.61. The van der Waals surface area contributed by atoms with Crippen LogP contribution in [0.15, 0.2) is 75.7 Å². The first kappa shape index (κ1) is 14.9. The summed E-state index contributed by atoms with van der Waals surface area (Å²) in [5, 5.41) is 12.1. The zero-order valence-electron chi connectivity index (χ0n) is 11.9. The van der Waals surface area contributed by atoms with E-state index in [-0.39, 0.29) is 16.5 Å². The highest BCUT2D eigenvalue weighted by Crippen LogP contribution is 2.26. The maximum atomic E-state index is 12.2. The van der Waals surface area contributed by atoms with Gasteiger partial charge in [0.1, 0.15) is 10.7 Å². The van der Waals surface area contributed by atoms with E-state index in [0.717, 1.165) is 4.68 Å². The predicted octanol–water partition coefficient (Wildman–Crippen LogP) is 3.88. The largest absolute Gasteiger partial charge is 0.394 e. The summed E-state index contributed by atoms with van der Waals surface area (Å²) >= 11 is 6.02. The van der Waals surface area contributed by atoms with E-state index >= 15 is 0 Å². The number of nitrogens with two attached hydrogens (primary N) is 1. The Morgan fingerprint density at radius 1 is 0.957 bits per heavy atom. The van der Waals surface area contributed by atoms with Crippen molar-refractivity contribution >= 4 is 28.8 Å². The smallest absolute Gasteiger partial charge is 0.292 e. The van der Waals surface area contributed by atoms with Crippen LogP contribution in [0, 0.1) is 0 Å². The van der Waals surface area contributed by atoms with Gasteiger partial charge in [0.15, 0.2) is 0 Å². The maximum Gasteiger partial charge on any atom is 0.292 e. The molecule has 6 nitrogen and oxygen atoms in total. The second-order valence-corrected chi connectivity index (χ2v) is 5.02. The summed E-state index contributed by atoms with van der Waals surface area (Å²) in [7, 11) is 0. The quantitative estimate of drug-likeness (QED) is 0.741. The molecular formula is C16H12ClN5O. The van der Waals surface area contributed by atoms with E-state index < -0.39 is 5.56 Å². The van der Waals surface area contributed by atoms with Gasteiger partial charge in [-0.3, -0.25) is 4.79 Å². The van der Waals surface area contributed by atoms with Crippen molar-refractivity contribution in [2.24, 2.45) is 10.2 Å². The van der Waals surface area contributed by atoms with Crippen molar-refractivity contribution < 1.29 is 0 Å². The standard InChI is InChI=1S/C16H12ClN5O/c17-13-14(18)15(20-19-11-7-3-1-4-8-11)21-22(16(13)23)12-9-5-2-6-10-12/h1-10H,18H2. The lowest BCUT2D eigenvalue weighted by Gasteiger charge is -2.07. The van der Waals surface area contributed by atoms with Crippen LogP contribution in [0.1, 0.15) is 0 Å². The van der Waals surface area contributed by atoms with Crippen molar-refractivity contribution in [1.29, 1.82) is 0 Å². The Morgan fingerprint density at radius 3 is 2.22 bits per heavy atom. The molecule has 0 radical (unpaired) electrons. The van der Waals surface area contributed by atoms with Gasteiger partial charge in [0.25, 0.3) is 5.56 Å². The topological polar surface area (TPSA) is 85.6 Å². The fourth-order valence-corrected chi connectivity index (χ4v) is 2.08. The van der Waals surface area contributed by atoms with Crippen LogP contribution in [0.25, 0.3) is 5.69 Å². The molecule has 0 amide bonds. The number of anilines is 1. The summed E-state index contributed by atoms with van der Waals surface area (Å²) in [6.07, 6.45) is 0. The molecule has 3 aromatic rings. The lowest BCUT2D eigenvalue weighted by molar-refractivity contribution is 0.805. The van der Waals surface area contributed by atoms with Crippen LogP contribution < -0.4 is 11.3 Å². The first-order valence-corrected chi connectivity index (χ1v) is 7.15. The molecule has 7 heteroatoms. The maximum absolute atomic E-state index is 12.2. The highest BCUT2D eigenvalue weighted by Gasteiger charge is 2.14. The number of benzene rings is 2. The molecule has 2 N–H and O–H groups in total. The molecule has 0 aliphatic carbocycles. The number of hydrogen-bond donors (Lipinski definition) is 1. The highest BCUT2D eigenvalue weighted by molar-refractivity contribution is 6.33. The van der Waals surface area contributed by atoms with Crippen molar-refractivity contribution in [2.75, 3.05) is 5.73 Å². The molecule has 0 fully saturated rings. The molecule has 0 saturated carbocycles. The van der Waals surface area contributed by atoms with Gasteiger partial charge in [-0.1, -0.05) is 48.0 Å². The summed E-state index contributed by atoms with van der Waals surface area (Å²) in [5.41, 5.74) is 6.54. The first-order valence-electron chi connectivity index (χ1n) is 6.77. The molecule has 0 aliphatic rings. The van der Waals surface area contributed by atoms with Gasteiger partial charge in [-0.05, 0) is 24.3 Å². The number of halogens is 1. The molecular weight excluding hydrogens is 314 g/mol. The van der Waals surface area contributed by atoms with Crippen LogP contribution in [0.4, 0.5) is 17.2 Å². The van der Waals surface area contributed by atoms with E-state index in [1.165, 1.54) is 0 Å². The third-order valence-corrected chi connectivity index (χ3v) is 3.43. The normalized spacial score (nSPS) is 11.0. The second kappa shape index (κ2) is 6.41. The van der Waals surface area contributed by atoms with Crippen molar-refractivity contribution in [3.05, 3.63) is 76.0 Å². The Hall–Kier alpha value is -2.99. The van der Waals surface area contributed by atoms with Gasteiger partial charge in [0.05, 0.1) is 11.4 Å². The SMILES string of the molecule is Nc1c(N=Nc2ccccc2)nn(-c2ccccc2)c(=O)c1Cl. The summed E-state index contributed by atoms with van der Waals surface area (Å²) in [6, 6.07) is 18.0. The van der Waals surface area contributed by atoms with Crippen LogP contribution in [0.3, 0.4) is 0 Å². The third-order valence-electron chi connectivity index (χ3n) is 3.07. The van der Waals surface area contributed by atoms with Gasteiger partial charge in [0.2, 0.25) is 5.82 Å². The minimum Gasteiger partial charge on any atom is -0.394 e. The Balaban J connectivity index is 2.10. The van der Waals surface area contributed by atoms with Crippen LogP contribution in [0.2, 0.25) is 5.02 Å². The van der Waals surface area contributed by atoms with E-state index in [1.54, 1.807) is 36.4 Å². The van der Waals surface area contributed by atoms with Gasteiger partial charge in [-0.2, -0.15) is 4.68 Å². The van der Waals surface area contributed by atoms with E-state index in [9.17, 15) is 4.79 Å². The van der Waals surface area contributed by atoms with Crippen LogP contribution in [0.5, 0.6) is 0 Å². The average molecular weight is 326 g/mol. The molecule has 0 unspecified atom stereocenters. The van der Waals surface area contributed by atoms with Crippen LogP contribution in [-0.4, -0.2) is 9.78 Å². The van der Waals surface area contributed by atoms with Gasteiger partial charge in [-0.25, -0.2) is 0 Å². The lowest BCUT2D eigenvalue weighted by atomic mass is 10.3. The van der Waals surface area contributed by atoms with E-state index in [4.69, 9.17) is 17.3 Å². The van der Waals surface area contributed by atoms with Crippen LogP contribution >= 0.6 is 11.6 Å². The molecule has 0 aliphatic heterocycles. The molecule has 23 heavy (non-hydrogen) atoms. The number of azo groups is 1. The fraction of sp³-hybridized carbons (Fsp3) is 0. The molecule has 0 saturated heterocycles. The minimum atomic E-state index is -0.506. The number of nitrogen functional groups attached to an aromatic ring is 1. The minimum absolute atomic E-state index is 0.00327. The molecule has 2 aromatic carbocycles. The Morgan fingerprint density at radius 2 is 1.57 bits per heavy atom. The van der Waals surface area contributed by atoms with Gasteiger partial charge >= 0.3 is 0 Å². The fourth-order valence-electron chi connectivity index (χ4n) is 1.92. The molecule has 1 heterocycles. The van der Waals surface area contributed by atoms with Crippen LogP contribution in [-0.2, 0) is 0 Å². The van der Waals surface area contributed by atoms with Crippen molar-refractivity contribution in [1.82, 2.24) is 9.78 Å². The summed E-state index contributed by atoms with van der Waals surface area (Å²) < 4.78 is 1.15. The molecule has 114 valence electrons. The number of nitrogens with zero attached hydrogens (tertiary/aromatic N) is 4. The lowest BCUT2D eigenvalue weighted by Crippen LogP contribution is -2.22. The number of aromatic nitrogens is 2. The zero-order valence-corrected chi connectivity index (χ0v) is 12.7. The Labute approximate surface area is 136 Å².